The van der Waals surface area contributed by atoms with E-state index in [-0.39, 0.29) is 0 Å². The molecular weight excluding hydrogens is 252 g/mol. The predicted molar refractivity (Wildman–Crippen MR) is 74.9 cm³/mol. The quantitative estimate of drug-likeness (QED) is 0.913. The fourth-order valence-corrected chi connectivity index (χ4v) is 3.29. The molecule has 0 amide bonds. The Hall–Kier alpha value is -1.72. The maximum atomic E-state index is 5.77. The van der Waals surface area contributed by atoms with Crippen molar-refractivity contribution in [2.45, 2.75) is 6.54 Å². The average Bonchev–Trinajstić information content (AvgIpc) is 3.16. The van der Waals surface area contributed by atoms with Crippen LogP contribution in [0.25, 0.3) is 11.5 Å². The standard InChI is InChI=1S/C15H18N4O/c1-2-4-11(5-3-1)15-18-17-14(20-15)10-19-8-12-6-16-7-13(12)9-19/h1-5,12-13,16H,6-10H2/t12-,13+. The van der Waals surface area contributed by atoms with E-state index in [4.69, 9.17) is 4.42 Å². The molecule has 2 fully saturated rings. The number of nitrogens with zero attached hydrogens (tertiary/aromatic N) is 3. The van der Waals surface area contributed by atoms with Gasteiger partial charge in [0.1, 0.15) is 0 Å². The van der Waals surface area contributed by atoms with E-state index in [1.54, 1.807) is 0 Å². The molecule has 4 rings (SSSR count). The van der Waals surface area contributed by atoms with Crippen LogP contribution in [0.1, 0.15) is 5.89 Å². The molecule has 3 heterocycles. The molecule has 0 bridgehead atoms. The largest absolute Gasteiger partial charge is 0.419 e. The Labute approximate surface area is 118 Å². The van der Waals surface area contributed by atoms with Gasteiger partial charge in [0, 0.05) is 18.7 Å². The molecule has 2 atom stereocenters. The molecule has 20 heavy (non-hydrogen) atoms. The molecule has 1 N–H and O–H groups in total. The second kappa shape index (κ2) is 5.00. The monoisotopic (exact) mass is 270 g/mol. The minimum absolute atomic E-state index is 0.613. The lowest BCUT2D eigenvalue weighted by atomic mass is 10.0. The van der Waals surface area contributed by atoms with Crippen molar-refractivity contribution in [3.63, 3.8) is 0 Å². The molecule has 2 aliphatic heterocycles. The van der Waals surface area contributed by atoms with E-state index < -0.39 is 0 Å². The third kappa shape index (κ3) is 2.23. The van der Waals surface area contributed by atoms with Crippen LogP contribution < -0.4 is 5.32 Å². The molecule has 1 aromatic heterocycles. The minimum Gasteiger partial charge on any atom is -0.419 e. The first kappa shape index (κ1) is 12.1. The molecule has 104 valence electrons. The highest BCUT2D eigenvalue weighted by molar-refractivity contribution is 5.51. The van der Waals surface area contributed by atoms with E-state index >= 15 is 0 Å². The van der Waals surface area contributed by atoms with E-state index in [0.29, 0.717) is 5.89 Å². The van der Waals surface area contributed by atoms with E-state index in [0.717, 1.165) is 56.0 Å². The molecule has 2 aromatic rings. The van der Waals surface area contributed by atoms with Crippen LogP contribution in [-0.4, -0.2) is 41.3 Å². The molecule has 2 saturated heterocycles. The fourth-order valence-electron chi connectivity index (χ4n) is 3.29. The molecule has 0 unspecified atom stereocenters. The van der Waals surface area contributed by atoms with Crippen LogP contribution in [0.15, 0.2) is 34.7 Å². The van der Waals surface area contributed by atoms with Gasteiger partial charge >= 0.3 is 0 Å². The Balaban J connectivity index is 1.44. The zero-order valence-corrected chi connectivity index (χ0v) is 11.3. The van der Waals surface area contributed by atoms with Crippen LogP contribution >= 0.6 is 0 Å². The van der Waals surface area contributed by atoms with Gasteiger partial charge in [0.25, 0.3) is 0 Å². The highest BCUT2D eigenvalue weighted by Gasteiger charge is 2.36. The smallest absolute Gasteiger partial charge is 0.247 e. The normalized spacial score (nSPS) is 26.0. The molecule has 0 spiro atoms. The summed E-state index contributed by atoms with van der Waals surface area (Å²) >= 11 is 0. The highest BCUT2D eigenvalue weighted by Crippen LogP contribution is 2.27. The van der Waals surface area contributed by atoms with E-state index in [1.807, 2.05) is 30.3 Å². The van der Waals surface area contributed by atoms with Crippen molar-refractivity contribution >= 4 is 0 Å². The molecule has 0 radical (unpaired) electrons. The van der Waals surface area contributed by atoms with Crippen molar-refractivity contribution in [3.8, 4) is 11.5 Å². The van der Waals surface area contributed by atoms with Crippen LogP contribution in [0.3, 0.4) is 0 Å². The van der Waals surface area contributed by atoms with Crippen LogP contribution in [0.2, 0.25) is 0 Å². The highest BCUT2D eigenvalue weighted by atomic mass is 16.4. The van der Waals surface area contributed by atoms with Crippen LogP contribution in [0.5, 0.6) is 0 Å². The van der Waals surface area contributed by atoms with E-state index in [2.05, 4.69) is 20.4 Å². The van der Waals surface area contributed by atoms with E-state index in [9.17, 15) is 0 Å². The number of rotatable bonds is 3. The summed E-state index contributed by atoms with van der Waals surface area (Å²) < 4.78 is 5.77. The number of hydrogen-bond donors (Lipinski definition) is 1. The molecular formula is C15H18N4O. The van der Waals surface area contributed by atoms with Crippen LogP contribution in [0.4, 0.5) is 0 Å². The van der Waals surface area contributed by atoms with Gasteiger partial charge < -0.3 is 9.73 Å². The first-order chi connectivity index (χ1) is 9.88. The summed E-state index contributed by atoms with van der Waals surface area (Å²) in [6, 6.07) is 9.92. The van der Waals surface area contributed by atoms with Crippen molar-refractivity contribution in [2.75, 3.05) is 26.2 Å². The van der Waals surface area contributed by atoms with Gasteiger partial charge in [0.05, 0.1) is 6.54 Å². The number of hydrogen-bond acceptors (Lipinski definition) is 5. The summed E-state index contributed by atoms with van der Waals surface area (Å²) in [5.74, 6) is 2.93. The number of nitrogens with one attached hydrogen (secondary N) is 1. The zero-order valence-electron chi connectivity index (χ0n) is 11.3. The Bertz CT molecular complexity index is 571. The third-order valence-electron chi connectivity index (χ3n) is 4.31. The first-order valence-electron chi connectivity index (χ1n) is 7.19. The first-order valence-corrected chi connectivity index (χ1v) is 7.19. The zero-order chi connectivity index (χ0) is 13.4. The Morgan fingerprint density at radius 3 is 2.60 bits per heavy atom. The summed E-state index contributed by atoms with van der Waals surface area (Å²) in [4.78, 5) is 2.43. The number of likely N-dealkylation sites (tertiary alicyclic amines) is 1. The summed E-state index contributed by atoms with van der Waals surface area (Å²) in [7, 11) is 0. The van der Waals surface area contributed by atoms with Crippen molar-refractivity contribution in [1.82, 2.24) is 20.4 Å². The SMILES string of the molecule is c1ccc(-c2nnc(CN3C[C@H]4CNC[C@H]4C3)o2)cc1. The summed E-state index contributed by atoms with van der Waals surface area (Å²) in [5, 5.41) is 11.8. The second-order valence-electron chi connectivity index (χ2n) is 5.74. The summed E-state index contributed by atoms with van der Waals surface area (Å²) in [6.07, 6.45) is 0. The third-order valence-corrected chi connectivity index (χ3v) is 4.31. The molecule has 5 heteroatoms. The van der Waals surface area contributed by atoms with E-state index in [1.165, 1.54) is 0 Å². The van der Waals surface area contributed by atoms with Crippen LogP contribution in [0, 0.1) is 11.8 Å². The number of fused-ring (bicyclic) bond motifs is 1. The molecule has 0 aliphatic carbocycles. The van der Waals surface area contributed by atoms with Crippen LogP contribution in [-0.2, 0) is 6.54 Å². The van der Waals surface area contributed by atoms with Gasteiger partial charge in [0.2, 0.25) is 11.8 Å². The minimum atomic E-state index is 0.613. The van der Waals surface area contributed by atoms with Gasteiger partial charge in [-0.15, -0.1) is 10.2 Å². The summed E-state index contributed by atoms with van der Waals surface area (Å²) in [6.45, 7) is 5.36. The van der Waals surface area contributed by atoms with Crippen molar-refractivity contribution in [2.24, 2.45) is 11.8 Å². The molecule has 5 nitrogen and oxygen atoms in total. The number of aromatic nitrogens is 2. The topological polar surface area (TPSA) is 54.2 Å². The molecule has 2 aliphatic rings. The lowest BCUT2D eigenvalue weighted by molar-refractivity contribution is 0.273. The van der Waals surface area contributed by atoms with Gasteiger partial charge in [-0.1, -0.05) is 18.2 Å². The molecule has 1 aromatic carbocycles. The lowest BCUT2D eigenvalue weighted by Gasteiger charge is -2.13. The summed E-state index contributed by atoms with van der Waals surface area (Å²) in [5.41, 5.74) is 0.980. The Kier molecular flexibility index (Phi) is 3.01. The second-order valence-corrected chi connectivity index (χ2v) is 5.74. The van der Waals surface area contributed by atoms with Crippen molar-refractivity contribution in [1.29, 1.82) is 0 Å². The molecule has 0 saturated carbocycles. The van der Waals surface area contributed by atoms with Gasteiger partial charge in [-0.05, 0) is 37.1 Å². The fraction of sp³-hybridized carbons (Fsp3) is 0.467. The maximum absolute atomic E-state index is 5.77. The van der Waals surface area contributed by atoms with Crippen molar-refractivity contribution < 1.29 is 4.42 Å². The number of benzene rings is 1. The van der Waals surface area contributed by atoms with Gasteiger partial charge in [0.15, 0.2) is 0 Å². The Morgan fingerprint density at radius 2 is 1.85 bits per heavy atom. The maximum Gasteiger partial charge on any atom is 0.247 e. The lowest BCUT2D eigenvalue weighted by Crippen LogP contribution is -2.25. The van der Waals surface area contributed by atoms with Crippen molar-refractivity contribution in [3.05, 3.63) is 36.2 Å². The average molecular weight is 270 g/mol. The Morgan fingerprint density at radius 1 is 1.10 bits per heavy atom. The predicted octanol–water partition coefficient (Wildman–Crippen LogP) is 1.39. The van der Waals surface area contributed by atoms with Gasteiger partial charge in [-0.25, -0.2) is 0 Å². The van der Waals surface area contributed by atoms with Gasteiger partial charge in [-0.3, -0.25) is 4.90 Å². The van der Waals surface area contributed by atoms with Gasteiger partial charge in [-0.2, -0.15) is 0 Å².